The number of β-amino-alcohol motifs (C(OH)–C–C–N with tert-alkyl or cyclic N) is 1. The highest BCUT2D eigenvalue weighted by atomic mass is 32.2. The maximum atomic E-state index is 9.98. The number of aromatic nitrogens is 3. The van der Waals surface area contributed by atoms with Crippen molar-refractivity contribution in [3.63, 3.8) is 0 Å². The first-order valence-electron chi connectivity index (χ1n) is 12.5. The molecule has 2 aliphatic rings. The molecule has 36 heavy (non-hydrogen) atoms. The van der Waals surface area contributed by atoms with Crippen molar-refractivity contribution in [3.05, 3.63) is 67.1 Å². The minimum absolute atomic E-state index is 0.115. The summed E-state index contributed by atoms with van der Waals surface area (Å²) < 4.78 is 18.2. The van der Waals surface area contributed by atoms with Gasteiger partial charge in [-0.15, -0.1) is 0 Å². The number of fused-ring (bicyclic) bond motifs is 1. The van der Waals surface area contributed by atoms with Gasteiger partial charge in [0, 0.05) is 42.7 Å². The van der Waals surface area contributed by atoms with Gasteiger partial charge in [0.25, 0.3) is 0 Å². The van der Waals surface area contributed by atoms with E-state index in [0.29, 0.717) is 0 Å². The normalized spacial score (nSPS) is 20.4. The summed E-state index contributed by atoms with van der Waals surface area (Å²) in [6.45, 7) is 2.67. The first-order valence-corrected chi connectivity index (χ1v) is 14.1. The molecule has 1 aliphatic carbocycles. The maximum absolute atomic E-state index is 9.98. The van der Waals surface area contributed by atoms with Gasteiger partial charge >= 0.3 is 0 Å². The van der Waals surface area contributed by atoms with E-state index in [-0.39, 0.29) is 11.7 Å². The van der Waals surface area contributed by atoms with Crippen LogP contribution in [0.15, 0.2) is 72.0 Å². The number of aliphatic hydroxyl groups excluding tert-OH is 1. The molecule has 2 N–H and O–H groups in total. The summed E-state index contributed by atoms with van der Waals surface area (Å²) in [6, 6.07) is 16.1. The van der Waals surface area contributed by atoms with Crippen LogP contribution in [0, 0.1) is 0 Å². The van der Waals surface area contributed by atoms with Crippen LogP contribution < -0.4 is 4.74 Å². The van der Waals surface area contributed by atoms with Gasteiger partial charge in [0.05, 0.1) is 12.3 Å². The molecule has 2 unspecified atom stereocenters. The SMILES string of the molecule is C[S+](O)c1cccc(-c2cnn3cc(-c4ccc(OC5(CN6CCCC(O)C6)CC5)cc4)cnc23)c1. The van der Waals surface area contributed by atoms with Crippen LogP contribution in [0.4, 0.5) is 0 Å². The Kier molecular flexibility index (Phi) is 6.21. The number of piperidine rings is 1. The summed E-state index contributed by atoms with van der Waals surface area (Å²) in [5, 5.41) is 14.5. The Bertz CT molecular complexity index is 1370. The van der Waals surface area contributed by atoms with Gasteiger partial charge in [0.2, 0.25) is 0 Å². The van der Waals surface area contributed by atoms with E-state index in [1.54, 1.807) is 10.8 Å². The Morgan fingerprint density at radius 2 is 1.92 bits per heavy atom. The molecular weight excluding hydrogens is 472 g/mol. The summed E-state index contributed by atoms with van der Waals surface area (Å²) >= 11 is -0.792. The smallest absolute Gasteiger partial charge is 0.190 e. The van der Waals surface area contributed by atoms with Gasteiger partial charge in [-0.3, -0.25) is 4.90 Å². The molecule has 3 heterocycles. The number of hydrogen-bond donors (Lipinski definition) is 2. The molecule has 1 aliphatic heterocycles. The van der Waals surface area contributed by atoms with E-state index in [2.05, 4.69) is 22.1 Å². The van der Waals surface area contributed by atoms with Crippen LogP contribution in [0.5, 0.6) is 5.75 Å². The molecular formula is C28H31N4O3S+. The number of likely N-dealkylation sites (tertiary alicyclic amines) is 1. The summed E-state index contributed by atoms with van der Waals surface area (Å²) in [4.78, 5) is 7.95. The monoisotopic (exact) mass is 503 g/mol. The van der Waals surface area contributed by atoms with Crippen LogP contribution in [0.3, 0.4) is 0 Å². The second-order valence-electron chi connectivity index (χ2n) is 10.0. The van der Waals surface area contributed by atoms with Crippen LogP contribution in [0.2, 0.25) is 0 Å². The van der Waals surface area contributed by atoms with E-state index < -0.39 is 11.2 Å². The zero-order valence-electron chi connectivity index (χ0n) is 20.4. The molecule has 2 aromatic heterocycles. The second-order valence-corrected chi connectivity index (χ2v) is 11.4. The fourth-order valence-corrected chi connectivity index (χ4v) is 5.63. The van der Waals surface area contributed by atoms with E-state index in [9.17, 15) is 9.66 Å². The minimum Gasteiger partial charge on any atom is -0.486 e. The van der Waals surface area contributed by atoms with Gasteiger partial charge in [-0.05, 0) is 61.6 Å². The zero-order chi connectivity index (χ0) is 24.7. The quantitative estimate of drug-likeness (QED) is 0.361. The highest BCUT2D eigenvalue weighted by Crippen LogP contribution is 2.41. The van der Waals surface area contributed by atoms with Crippen LogP contribution >= 0.6 is 0 Å². The van der Waals surface area contributed by atoms with E-state index in [0.717, 1.165) is 83.9 Å². The van der Waals surface area contributed by atoms with Crippen molar-refractivity contribution in [2.75, 3.05) is 25.9 Å². The lowest BCUT2D eigenvalue weighted by atomic mass is 10.1. The Morgan fingerprint density at radius 3 is 2.67 bits per heavy atom. The lowest BCUT2D eigenvalue weighted by molar-refractivity contribution is 0.0389. The molecule has 7 nitrogen and oxygen atoms in total. The molecule has 1 saturated carbocycles. The standard InChI is InChI=1S/C28H31N4O3S/c1-36(34)25-6-2-4-21(14-25)26-16-30-32-17-22(15-29-27(26)32)20-7-9-24(10-8-20)35-28(11-12-28)19-31-13-3-5-23(33)18-31/h2,4,6-10,14-17,23,33-34H,3,5,11-13,18-19H2,1H3/q+1. The topological polar surface area (TPSA) is 83.1 Å². The van der Waals surface area contributed by atoms with Gasteiger partial charge in [0.15, 0.2) is 21.7 Å². The molecule has 186 valence electrons. The predicted molar refractivity (Wildman–Crippen MR) is 142 cm³/mol. The summed E-state index contributed by atoms with van der Waals surface area (Å²) in [5.41, 5.74) is 4.62. The third-order valence-electron chi connectivity index (χ3n) is 7.16. The van der Waals surface area contributed by atoms with Crippen molar-refractivity contribution < 1.29 is 14.4 Å². The van der Waals surface area contributed by atoms with Crippen LogP contribution in [-0.2, 0) is 11.2 Å². The molecule has 4 aromatic rings. The fourth-order valence-electron chi connectivity index (χ4n) is 5.05. The highest BCUT2D eigenvalue weighted by Gasteiger charge is 2.47. The summed E-state index contributed by atoms with van der Waals surface area (Å²) in [5.74, 6) is 0.878. The van der Waals surface area contributed by atoms with Crippen molar-refractivity contribution in [1.82, 2.24) is 19.5 Å². The van der Waals surface area contributed by atoms with E-state index in [1.807, 2.05) is 55.0 Å². The molecule has 1 saturated heterocycles. The number of benzene rings is 2. The third kappa shape index (κ3) is 4.86. The molecule has 0 radical (unpaired) electrons. The summed E-state index contributed by atoms with van der Waals surface area (Å²) in [6.07, 6.45) is 11.4. The number of aliphatic hydroxyl groups is 1. The van der Waals surface area contributed by atoms with Gasteiger partial charge in [-0.2, -0.15) is 9.65 Å². The van der Waals surface area contributed by atoms with Crippen LogP contribution in [0.25, 0.3) is 27.9 Å². The molecule has 0 amide bonds. The largest absolute Gasteiger partial charge is 0.486 e. The van der Waals surface area contributed by atoms with E-state index in [1.165, 1.54) is 0 Å². The Labute approximate surface area is 213 Å². The lowest BCUT2D eigenvalue weighted by Crippen LogP contribution is -2.44. The van der Waals surface area contributed by atoms with E-state index >= 15 is 0 Å². The zero-order valence-corrected chi connectivity index (χ0v) is 21.2. The Hall–Kier alpha value is -2.91. The fraction of sp³-hybridized carbons (Fsp3) is 0.357. The maximum Gasteiger partial charge on any atom is 0.190 e. The highest BCUT2D eigenvalue weighted by molar-refractivity contribution is 7.90. The Balaban J connectivity index is 1.17. The van der Waals surface area contributed by atoms with Crippen molar-refractivity contribution >= 4 is 16.8 Å². The molecule has 8 heteroatoms. The van der Waals surface area contributed by atoms with Gasteiger partial charge < -0.3 is 9.84 Å². The molecule has 2 fully saturated rings. The molecule has 2 aromatic carbocycles. The van der Waals surface area contributed by atoms with Crippen LogP contribution in [-0.4, -0.2) is 66.8 Å². The van der Waals surface area contributed by atoms with Crippen molar-refractivity contribution in [3.8, 4) is 28.0 Å². The first-order chi connectivity index (χ1) is 17.5. The van der Waals surface area contributed by atoms with Gasteiger partial charge in [0.1, 0.15) is 17.6 Å². The van der Waals surface area contributed by atoms with Crippen molar-refractivity contribution in [1.29, 1.82) is 0 Å². The van der Waals surface area contributed by atoms with Crippen LogP contribution in [0.1, 0.15) is 25.7 Å². The second kappa shape index (κ2) is 9.52. The molecule has 6 rings (SSSR count). The predicted octanol–water partition coefficient (Wildman–Crippen LogP) is 4.51. The van der Waals surface area contributed by atoms with Gasteiger partial charge in [-0.1, -0.05) is 24.3 Å². The minimum atomic E-state index is -0.792. The number of nitrogens with zero attached hydrogens (tertiary/aromatic N) is 4. The first kappa shape index (κ1) is 23.5. The van der Waals surface area contributed by atoms with Gasteiger partial charge in [-0.25, -0.2) is 9.50 Å². The van der Waals surface area contributed by atoms with Crippen molar-refractivity contribution in [2.24, 2.45) is 0 Å². The van der Waals surface area contributed by atoms with Crippen molar-refractivity contribution in [2.45, 2.75) is 42.3 Å². The third-order valence-corrected chi connectivity index (χ3v) is 8.10. The average molecular weight is 504 g/mol. The lowest BCUT2D eigenvalue weighted by Gasteiger charge is -2.33. The molecule has 2 atom stereocenters. The summed E-state index contributed by atoms with van der Waals surface area (Å²) in [7, 11) is 0. The number of hydrogen-bond acceptors (Lipinski definition) is 6. The molecule has 0 bridgehead atoms. The number of rotatable bonds is 7. The molecule has 0 spiro atoms. The van der Waals surface area contributed by atoms with E-state index in [4.69, 9.17) is 9.72 Å². The average Bonchev–Trinajstić information content (AvgIpc) is 3.49. The Morgan fingerprint density at radius 1 is 1.08 bits per heavy atom. The number of ether oxygens (including phenoxy) is 1.